The van der Waals surface area contributed by atoms with Gasteiger partial charge in [-0.25, -0.2) is 5.43 Å². The van der Waals surface area contributed by atoms with Crippen molar-refractivity contribution < 1.29 is 4.79 Å². The highest BCUT2D eigenvalue weighted by Gasteiger charge is 2.00. The predicted octanol–water partition coefficient (Wildman–Crippen LogP) is 3.03. The van der Waals surface area contributed by atoms with Gasteiger partial charge in [-0.05, 0) is 25.8 Å². The standard InChI is InChI=1S/C14H20N2O/c1-4-5-9-14(17)16-15-12(3)13-8-6-7-11(2)10-13/h6-8,10H,4-5,9H2,1-3H3,(H,16,17)/b15-12+. The van der Waals surface area contributed by atoms with Crippen LogP contribution in [0.2, 0.25) is 0 Å². The molecule has 1 N–H and O–H groups in total. The van der Waals surface area contributed by atoms with Gasteiger partial charge in [0, 0.05) is 6.42 Å². The number of carbonyl (C=O) groups is 1. The maximum Gasteiger partial charge on any atom is 0.240 e. The molecule has 1 aromatic rings. The molecule has 0 aliphatic rings. The van der Waals surface area contributed by atoms with Crippen molar-refractivity contribution in [1.29, 1.82) is 0 Å². The number of nitrogens with zero attached hydrogens (tertiary/aromatic N) is 1. The molecule has 0 aliphatic heterocycles. The van der Waals surface area contributed by atoms with Crippen LogP contribution in [-0.2, 0) is 4.79 Å². The van der Waals surface area contributed by atoms with E-state index in [1.807, 2.05) is 32.0 Å². The van der Waals surface area contributed by atoms with Gasteiger partial charge in [0.25, 0.3) is 0 Å². The Bertz CT molecular complexity index is 410. The predicted molar refractivity (Wildman–Crippen MR) is 71.1 cm³/mol. The summed E-state index contributed by atoms with van der Waals surface area (Å²) in [6, 6.07) is 8.07. The second-order valence-corrected chi connectivity index (χ2v) is 4.21. The molecule has 0 radical (unpaired) electrons. The summed E-state index contributed by atoms with van der Waals surface area (Å²) in [7, 11) is 0. The number of carbonyl (C=O) groups excluding carboxylic acids is 1. The Morgan fingerprint density at radius 1 is 1.41 bits per heavy atom. The van der Waals surface area contributed by atoms with E-state index < -0.39 is 0 Å². The summed E-state index contributed by atoms with van der Waals surface area (Å²) in [5.74, 6) is -0.0150. The molecule has 1 amide bonds. The Hall–Kier alpha value is -1.64. The maximum absolute atomic E-state index is 11.4. The van der Waals surface area contributed by atoms with E-state index in [4.69, 9.17) is 0 Å². The minimum Gasteiger partial charge on any atom is -0.273 e. The highest BCUT2D eigenvalue weighted by Crippen LogP contribution is 2.05. The molecule has 0 bridgehead atoms. The van der Waals surface area contributed by atoms with Gasteiger partial charge >= 0.3 is 0 Å². The van der Waals surface area contributed by atoms with E-state index in [1.165, 1.54) is 5.56 Å². The zero-order valence-electron chi connectivity index (χ0n) is 10.8. The van der Waals surface area contributed by atoms with Crippen molar-refractivity contribution >= 4 is 11.6 Å². The fraction of sp³-hybridized carbons (Fsp3) is 0.429. The van der Waals surface area contributed by atoms with Gasteiger partial charge < -0.3 is 0 Å². The Kier molecular flexibility index (Phi) is 5.40. The topological polar surface area (TPSA) is 41.5 Å². The average molecular weight is 232 g/mol. The van der Waals surface area contributed by atoms with Crippen molar-refractivity contribution in [3.8, 4) is 0 Å². The van der Waals surface area contributed by atoms with E-state index >= 15 is 0 Å². The van der Waals surface area contributed by atoms with Gasteiger partial charge in [-0.15, -0.1) is 0 Å². The molecule has 1 rings (SSSR count). The molecular formula is C14H20N2O. The van der Waals surface area contributed by atoms with Crippen molar-refractivity contribution in [2.24, 2.45) is 5.10 Å². The zero-order chi connectivity index (χ0) is 12.7. The van der Waals surface area contributed by atoms with E-state index in [9.17, 15) is 4.79 Å². The Morgan fingerprint density at radius 2 is 2.18 bits per heavy atom. The summed E-state index contributed by atoms with van der Waals surface area (Å²) in [6.45, 7) is 6.00. The molecule has 92 valence electrons. The average Bonchev–Trinajstić information content (AvgIpc) is 2.33. The monoisotopic (exact) mass is 232 g/mol. The summed E-state index contributed by atoms with van der Waals surface area (Å²) in [5.41, 5.74) is 5.65. The first-order valence-corrected chi connectivity index (χ1v) is 6.03. The maximum atomic E-state index is 11.4. The molecule has 17 heavy (non-hydrogen) atoms. The highest BCUT2D eigenvalue weighted by atomic mass is 16.2. The lowest BCUT2D eigenvalue weighted by Crippen LogP contribution is -2.18. The van der Waals surface area contributed by atoms with Crippen LogP contribution in [-0.4, -0.2) is 11.6 Å². The molecule has 0 fully saturated rings. The normalized spacial score (nSPS) is 11.4. The van der Waals surface area contributed by atoms with E-state index in [0.717, 1.165) is 24.1 Å². The smallest absolute Gasteiger partial charge is 0.240 e. The fourth-order valence-corrected chi connectivity index (χ4v) is 1.47. The molecule has 0 atom stereocenters. The molecule has 3 heteroatoms. The van der Waals surface area contributed by atoms with E-state index in [0.29, 0.717) is 6.42 Å². The molecule has 0 spiro atoms. The van der Waals surface area contributed by atoms with Gasteiger partial charge in [-0.2, -0.15) is 5.10 Å². The highest BCUT2D eigenvalue weighted by molar-refractivity contribution is 5.99. The number of aryl methyl sites for hydroxylation is 1. The first-order chi connectivity index (χ1) is 8.13. The fourth-order valence-electron chi connectivity index (χ4n) is 1.47. The third-order valence-corrected chi connectivity index (χ3v) is 2.54. The van der Waals surface area contributed by atoms with Crippen LogP contribution < -0.4 is 5.43 Å². The number of benzene rings is 1. The summed E-state index contributed by atoms with van der Waals surface area (Å²) in [4.78, 5) is 11.4. The molecule has 3 nitrogen and oxygen atoms in total. The lowest BCUT2D eigenvalue weighted by atomic mass is 10.1. The Balaban J connectivity index is 2.57. The molecular weight excluding hydrogens is 212 g/mol. The third kappa shape index (κ3) is 4.81. The van der Waals surface area contributed by atoms with Crippen LogP contribution >= 0.6 is 0 Å². The molecule has 1 aromatic carbocycles. The minimum absolute atomic E-state index is 0.0150. The summed E-state index contributed by atoms with van der Waals surface area (Å²) in [6.07, 6.45) is 2.47. The summed E-state index contributed by atoms with van der Waals surface area (Å²) in [5, 5.41) is 4.11. The molecule has 0 heterocycles. The van der Waals surface area contributed by atoms with E-state index in [2.05, 4.69) is 23.5 Å². The van der Waals surface area contributed by atoms with E-state index in [-0.39, 0.29) is 5.91 Å². The number of hydrazone groups is 1. The number of nitrogens with one attached hydrogen (secondary N) is 1. The Labute approximate surface area is 103 Å². The second kappa shape index (κ2) is 6.84. The van der Waals surface area contributed by atoms with Crippen molar-refractivity contribution in [3.05, 3.63) is 35.4 Å². The molecule has 0 unspecified atom stereocenters. The van der Waals surface area contributed by atoms with Crippen LogP contribution in [0.25, 0.3) is 0 Å². The van der Waals surface area contributed by atoms with Gasteiger partial charge in [0.2, 0.25) is 5.91 Å². The molecule has 0 aliphatic carbocycles. The zero-order valence-corrected chi connectivity index (χ0v) is 10.8. The largest absolute Gasteiger partial charge is 0.273 e. The van der Waals surface area contributed by atoms with Crippen molar-refractivity contribution in [2.75, 3.05) is 0 Å². The molecule has 0 saturated heterocycles. The second-order valence-electron chi connectivity index (χ2n) is 4.21. The van der Waals surface area contributed by atoms with Gasteiger partial charge in [0.15, 0.2) is 0 Å². The number of rotatable bonds is 5. The number of hydrogen-bond acceptors (Lipinski definition) is 2. The first-order valence-electron chi connectivity index (χ1n) is 6.03. The SMILES string of the molecule is CCCCC(=O)N/N=C(\C)c1cccc(C)c1. The Morgan fingerprint density at radius 3 is 2.82 bits per heavy atom. The lowest BCUT2D eigenvalue weighted by Gasteiger charge is -2.03. The third-order valence-electron chi connectivity index (χ3n) is 2.54. The van der Waals surface area contributed by atoms with Crippen molar-refractivity contribution in [2.45, 2.75) is 40.0 Å². The van der Waals surface area contributed by atoms with Gasteiger partial charge in [-0.3, -0.25) is 4.79 Å². The van der Waals surface area contributed by atoms with Gasteiger partial charge in [0.05, 0.1) is 5.71 Å². The van der Waals surface area contributed by atoms with Crippen molar-refractivity contribution in [1.82, 2.24) is 5.43 Å². The van der Waals surface area contributed by atoms with Crippen LogP contribution in [0.4, 0.5) is 0 Å². The van der Waals surface area contributed by atoms with Crippen LogP contribution in [0, 0.1) is 6.92 Å². The summed E-state index contributed by atoms with van der Waals surface area (Å²) < 4.78 is 0. The summed E-state index contributed by atoms with van der Waals surface area (Å²) >= 11 is 0. The lowest BCUT2D eigenvalue weighted by molar-refractivity contribution is -0.121. The van der Waals surface area contributed by atoms with Crippen molar-refractivity contribution in [3.63, 3.8) is 0 Å². The van der Waals surface area contributed by atoms with Gasteiger partial charge in [0.1, 0.15) is 0 Å². The first kappa shape index (κ1) is 13.4. The van der Waals surface area contributed by atoms with Crippen LogP contribution in [0.15, 0.2) is 29.4 Å². The van der Waals surface area contributed by atoms with E-state index in [1.54, 1.807) is 0 Å². The number of amides is 1. The van der Waals surface area contributed by atoms with Crippen LogP contribution in [0.3, 0.4) is 0 Å². The minimum atomic E-state index is -0.0150. The number of hydrogen-bond donors (Lipinski definition) is 1. The van der Waals surface area contributed by atoms with Crippen LogP contribution in [0.1, 0.15) is 44.2 Å². The molecule has 0 aromatic heterocycles. The van der Waals surface area contributed by atoms with Gasteiger partial charge in [-0.1, -0.05) is 43.2 Å². The molecule has 0 saturated carbocycles. The van der Waals surface area contributed by atoms with Crippen LogP contribution in [0.5, 0.6) is 0 Å². The number of unbranched alkanes of at least 4 members (excludes halogenated alkanes) is 1. The quantitative estimate of drug-likeness (QED) is 0.615.